The van der Waals surface area contributed by atoms with Crippen molar-refractivity contribution in [2.45, 2.75) is 17.5 Å². The van der Waals surface area contributed by atoms with E-state index in [0.29, 0.717) is 40.4 Å². The van der Waals surface area contributed by atoms with E-state index in [4.69, 9.17) is 4.42 Å². The number of thiazole rings is 1. The highest BCUT2D eigenvalue weighted by Gasteiger charge is 2.21. The van der Waals surface area contributed by atoms with Crippen molar-refractivity contribution in [2.75, 3.05) is 0 Å². The molecule has 0 radical (unpaired) electrons. The molecule has 0 bridgehead atoms. The maximum absolute atomic E-state index is 14.6. The molecule has 0 saturated carbocycles. The molecule has 34 heavy (non-hydrogen) atoms. The molecule has 0 unspecified atom stereocenters. The van der Waals surface area contributed by atoms with E-state index in [0.717, 1.165) is 10.6 Å². The van der Waals surface area contributed by atoms with Crippen LogP contribution in [-0.4, -0.2) is 30.6 Å². The summed E-state index contributed by atoms with van der Waals surface area (Å²) in [7, 11) is 0. The minimum absolute atomic E-state index is 0.251. The second kappa shape index (κ2) is 9.98. The Balaban J connectivity index is 1.32. The minimum atomic E-state index is -0.403. The molecule has 1 amide bonds. The summed E-state index contributed by atoms with van der Waals surface area (Å²) >= 11 is 2.72. The van der Waals surface area contributed by atoms with Gasteiger partial charge in [-0.25, -0.2) is 9.37 Å². The van der Waals surface area contributed by atoms with Gasteiger partial charge in [-0.3, -0.25) is 14.3 Å². The van der Waals surface area contributed by atoms with Crippen LogP contribution in [0.25, 0.3) is 17.3 Å². The largest absolute Gasteiger partial charge is 0.461 e. The molecule has 11 heteroatoms. The Morgan fingerprint density at radius 1 is 1.12 bits per heavy atom. The van der Waals surface area contributed by atoms with Crippen molar-refractivity contribution in [3.8, 4) is 17.3 Å². The number of hydrogen-bond acceptors (Lipinski definition) is 8. The Kier molecular flexibility index (Phi) is 6.45. The topological polar surface area (TPSA) is 98.7 Å². The summed E-state index contributed by atoms with van der Waals surface area (Å²) in [5.74, 6) is 0.656. The van der Waals surface area contributed by atoms with E-state index in [-0.39, 0.29) is 5.91 Å². The van der Waals surface area contributed by atoms with Crippen LogP contribution in [0.5, 0.6) is 0 Å². The fourth-order valence-corrected chi connectivity index (χ4v) is 4.90. The van der Waals surface area contributed by atoms with Crippen LogP contribution in [-0.2, 0) is 12.3 Å². The van der Waals surface area contributed by atoms with Gasteiger partial charge in [0.15, 0.2) is 10.9 Å². The maximum Gasteiger partial charge on any atom is 0.271 e. The number of halogens is 1. The maximum atomic E-state index is 14.6. The van der Waals surface area contributed by atoms with Crippen LogP contribution in [0.3, 0.4) is 0 Å². The van der Waals surface area contributed by atoms with Gasteiger partial charge in [0.25, 0.3) is 5.91 Å². The molecule has 0 saturated heterocycles. The lowest BCUT2D eigenvalue weighted by Gasteiger charge is -2.09. The van der Waals surface area contributed by atoms with Crippen LogP contribution in [0.2, 0.25) is 0 Å². The van der Waals surface area contributed by atoms with Crippen molar-refractivity contribution in [1.82, 2.24) is 30.0 Å². The predicted molar refractivity (Wildman–Crippen MR) is 126 cm³/mol. The van der Waals surface area contributed by atoms with Crippen LogP contribution in [0.4, 0.5) is 4.39 Å². The summed E-state index contributed by atoms with van der Waals surface area (Å²) < 4.78 is 21.7. The Labute approximate surface area is 201 Å². The van der Waals surface area contributed by atoms with Gasteiger partial charge in [-0.05, 0) is 42.0 Å². The highest BCUT2D eigenvalue weighted by molar-refractivity contribution is 7.98. The van der Waals surface area contributed by atoms with E-state index >= 15 is 0 Å². The fourth-order valence-electron chi connectivity index (χ4n) is 3.16. The smallest absolute Gasteiger partial charge is 0.271 e. The fraction of sp³-hybridized carbons (Fsp3) is 0.0870. The summed E-state index contributed by atoms with van der Waals surface area (Å²) in [6.45, 7) is 0.393. The van der Waals surface area contributed by atoms with E-state index in [1.807, 2.05) is 12.1 Å². The predicted octanol–water partition coefficient (Wildman–Crippen LogP) is 4.74. The highest BCUT2D eigenvalue weighted by atomic mass is 32.2. The van der Waals surface area contributed by atoms with Crippen LogP contribution < -0.4 is 5.32 Å². The van der Waals surface area contributed by atoms with Crippen molar-refractivity contribution < 1.29 is 13.6 Å². The average molecular weight is 493 g/mol. The number of thioether (sulfide) groups is 1. The number of rotatable bonds is 8. The molecule has 0 aliphatic carbocycles. The van der Waals surface area contributed by atoms with Crippen LogP contribution in [0, 0.1) is 5.82 Å². The van der Waals surface area contributed by atoms with E-state index in [1.165, 1.54) is 35.4 Å². The summed E-state index contributed by atoms with van der Waals surface area (Å²) in [6.07, 6.45) is 4.88. The molecule has 0 aliphatic rings. The first-order valence-electron chi connectivity index (χ1n) is 10.2. The van der Waals surface area contributed by atoms with E-state index < -0.39 is 5.82 Å². The lowest BCUT2D eigenvalue weighted by molar-refractivity contribution is 0.0946. The Bertz CT molecular complexity index is 1400. The van der Waals surface area contributed by atoms with Gasteiger partial charge >= 0.3 is 0 Å². The normalized spacial score (nSPS) is 11.0. The number of nitrogens with one attached hydrogen (secondary N) is 1. The van der Waals surface area contributed by atoms with Gasteiger partial charge in [0.2, 0.25) is 5.82 Å². The Hall–Kier alpha value is -3.83. The summed E-state index contributed by atoms with van der Waals surface area (Å²) in [4.78, 5) is 20.8. The lowest BCUT2D eigenvalue weighted by Crippen LogP contribution is -2.23. The monoisotopic (exact) mass is 492 g/mol. The molecule has 170 valence electrons. The highest BCUT2D eigenvalue weighted by Crippen LogP contribution is 2.31. The van der Waals surface area contributed by atoms with Gasteiger partial charge in [0, 0.05) is 24.3 Å². The molecule has 4 aromatic heterocycles. The van der Waals surface area contributed by atoms with E-state index in [9.17, 15) is 9.18 Å². The number of hydrogen-bond donors (Lipinski definition) is 1. The minimum Gasteiger partial charge on any atom is -0.461 e. The standard InChI is InChI=1S/C23H17FN6O2S2/c24-16-4-1-2-5-18(16)30-21(19-6-3-11-32-19)28-29-23(30)34-14-20-27-17(13-33-20)22(31)26-12-15-7-9-25-10-8-15/h1-11,13H,12,14H2,(H,26,31). The number of amides is 1. The zero-order valence-corrected chi connectivity index (χ0v) is 19.2. The van der Waals surface area contributed by atoms with E-state index in [2.05, 4.69) is 25.5 Å². The van der Waals surface area contributed by atoms with Crippen LogP contribution in [0.15, 0.2) is 82.1 Å². The second-order valence-electron chi connectivity index (χ2n) is 7.02. The van der Waals surface area contributed by atoms with E-state index in [1.54, 1.807) is 52.7 Å². The number of nitrogens with zero attached hydrogens (tertiary/aromatic N) is 5. The summed E-state index contributed by atoms with van der Waals surface area (Å²) in [5, 5.41) is 14.3. The Morgan fingerprint density at radius 2 is 1.97 bits per heavy atom. The van der Waals surface area contributed by atoms with Gasteiger partial charge in [-0.2, -0.15) is 0 Å². The molecule has 1 N–H and O–H groups in total. The molecule has 5 rings (SSSR count). The summed E-state index contributed by atoms with van der Waals surface area (Å²) in [5.41, 5.74) is 1.62. The second-order valence-corrected chi connectivity index (χ2v) is 8.91. The molecule has 4 heterocycles. The van der Waals surface area contributed by atoms with Crippen molar-refractivity contribution in [1.29, 1.82) is 0 Å². The number of para-hydroxylation sites is 1. The molecular formula is C23H17FN6O2S2. The lowest BCUT2D eigenvalue weighted by atomic mass is 10.2. The number of benzene rings is 1. The molecular weight excluding hydrogens is 475 g/mol. The van der Waals surface area contributed by atoms with Gasteiger partial charge in [-0.15, -0.1) is 21.5 Å². The first-order valence-corrected chi connectivity index (χ1v) is 12.0. The van der Waals surface area contributed by atoms with Crippen molar-refractivity contribution in [3.05, 3.63) is 94.7 Å². The third kappa shape index (κ3) is 4.75. The molecule has 5 aromatic rings. The molecule has 8 nitrogen and oxygen atoms in total. The van der Waals surface area contributed by atoms with Crippen molar-refractivity contribution in [3.63, 3.8) is 0 Å². The first kappa shape index (κ1) is 22.0. The summed E-state index contributed by atoms with van der Waals surface area (Å²) in [6, 6.07) is 13.6. The van der Waals surface area contributed by atoms with Gasteiger partial charge < -0.3 is 9.73 Å². The van der Waals surface area contributed by atoms with Gasteiger partial charge in [0.1, 0.15) is 16.5 Å². The van der Waals surface area contributed by atoms with Gasteiger partial charge in [0.05, 0.1) is 17.7 Å². The first-order chi connectivity index (χ1) is 16.7. The number of pyridine rings is 1. The third-order valence-corrected chi connectivity index (χ3v) is 6.75. The molecule has 0 fully saturated rings. The zero-order chi connectivity index (χ0) is 23.3. The number of furan rings is 1. The van der Waals surface area contributed by atoms with Crippen LogP contribution >= 0.6 is 23.1 Å². The third-order valence-electron chi connectivity index (χ3n) is 4.78. The number of carbonyl (C=O) groups is 1. The SMILES string of the molecule is O=C(NCc1ccncc1)c1csc(CSc2nnc(-c3ccco3)n2-c2ccccc2F)n1. The zero-order valence-electron chi connectivity index (χ0n) is 17.6. The molecule has 0 aliphatic heterocycles. The molecule has 1 aromatic carbocycles. The van der Waals surface area contributed by atoms with Crippen LogP contribution in [0.1, 0.15) is 21.1 Å². The number of carbonyl (C=O) groups excluding carboxylic acids is 1. The van der Waals surface area contributed by atoms with Gasteiger partial charge in [-0.1, -0.05) is 23.9 Å². The quantitative estimate of drug-likeness (QED) is 0.312. The van der Waals surface area contributed by atoms with Crippen molar-refractivity contribution in [2.24, 2.45) is 0 Å². The Morgan fingerprint density at radius 3 is 2.76 bits per heavy atom. The average Bonchev–Trinajstić information content (AvgIpc) is 3.63. The van der Waals surface area contributed by atoms with Crippen molar-refractivity contribution >= 4 is 29.0 Å². The molecule has 0 atom stereocenters. The molecule has 0 spiro atoms. The number of aromatic nitrogens is 5.